The zero-order valence-electron chi connectivity index (χ0n) is 16.7. The topological polar surface area (TPSA) is 58.0 Å². The van der Waals surface area contributed by atoms with Gasteiger partial charge < -0.3 is 15.1 Å². The fourth-order valence-corrected chi connectivity index (χ4v) is 4.72. The summed E-state index contributed by atoms with van der Waals surface area (Å²) in [5.41, 5.74) is 3.58. The zero-order chi connectivity index (χ0) is 20.5. The Balaban J connectivity index is 1.56. The summed E-state index contributed by atoms with van der Waals surface area (Å²) < 4.78 is 1.47. The largest absolute Gasteiger partial charge is 0.363 e. The number of hydrogen-bond acceptors (Lipinski definition) is 4. The van der Waals surface area contributed by atoms with E-state index in [1.165, 1.54) is 10.2 Å². The number of benzene rings is 2. The first-order valence-electron chi connectivity index (χ1n) is 10.5. The molecule has 0 radical (unpaired) electrons. The van der Waals surface area contributed by atoms with Gasteiger partial charge in [0.2, 0.25) is 0 Å². The molecular formula is C23H25ClN5O+. The molecule has 1 saturated heterocycles. The van der Waals surface area contributed by atoms with Crippen LogP contribution in [0.15, 0.2) is 65.6 Å². The normalized spacial score (nSPS) is 18.1. The lowest BCUT2D eigenvalue weighted by Gasteiger charge is -2.45. The molecule has 1 atom stereocenters. The van der Waals surface area contributed by atoms with Gasteiger partial charge in [-0.3, -0.25) is 4.79 Å². The highest BCUT2D eigenvalue weighted by Gasteiger charge is 2.36. The highest BCUT2D eigenvalue weighted by molar-refractivity contribution is 6.30. The first-order chi connectivity index (χ1) is 14.7. The number of rotatable bonds is 4. The SMILES string of the molecule is O=c1c2c(cnn1-c1cccc(Cl)c1)N1CC[NH2+]CC1CN2CCc1ccccc1. The van der Waals surface area contributed by atoms with Gasteiger partial charge in [-0.15, -0.1) is 0 Å². The third-order valence-electron chi connectivity index (χ3n) is 6.01. The molecule has 0 spiro atoms. The first kappa shape index (κ1) is 19.2. The van der Waals surface area contributed by atoms with E-state index in [-0.39, 0.29) is 5.56 Å². The molecule has 0 aliphatic carbocycles. The van der Waals surface area contributed by atoms with Crippen molar-refractivity contribution in [2.24, 2.45) is 0 Å². The van der Waals surface area contributed by atoms with Crippen LogP contribution in [0.3, 0.4) is 0 Å². The summed E-state index contributed by atoms with van der Waals surface area (Å²) in [7, 11) is 0. The molecule has 2 N–H and O–H groups in total. The van der Waals surface area contributed by atoms with Crippen LogP contribution in [0.2, 0.25) is 5.02 Å². The van der Waals surface area contributed by atoms with Crippen LogP contribution in [0, 0.1) is 0 Å². The average Bonchev–Trinajstić information content (AvgIpc) is 2.78. The second kappa shape index (κ2) is 8.13. The average molecular weight is 423 g/mol. The predicted octanol–water partition coefficient (Wildman–Crippen LogP) is 1.70. The Kier molecular flexibility index (Phi) is 5.19. The number of fused-ring (bicyclic) bond motifs is 3. The lowest BCUT2D eigenvalue weighted by molar-refractivity contribution is -0.660. The van der Waals surface area contributed by atoms with E-state index in [2.05, 4.69) is 44.5 Å². The van der Waals surface area contributed by atoms with Crippen molar-refractivity contribution in [3.05, 3.63) is 81.7 Å². The quantitative estimate of drug-likeness (QED) is 0.695. The van der Waals surface area contributed by atoms with Crippen LogP contribution in [-0.4, -0.2) is 48.5 Å². The number of piperazine rings is 1. The van der Waals surface area contributed by atoms with Gasteiger partial charge in [0, 0.05) is 18.1 Å². The number of nitrogens with two attached hydrogens (primary N) is 1. The van der Waals surface area contributed by atoms with Crippen LogP contribution >= 0.6 is 11.6 Å². The first-order valence-corrected chi connectivity index (χ1v) is 10.8. The van der Waals surface area contributed by atoms with Crippen LogP contribution in [-0.2, 0) is 6.42 Å². The second-order valence-electron chi connectivity index (χ2n) is 7.92. The Bertz CT molecular complexity index is 1100. The van der Waals surface area contributed by atoms with Crippen molar-refractivity contribution in [1.82, 2.24) is 9.78 Å². The molecule has 1 aromatic heterocycles. The Morgan fingerprint density at radius 3 is 2.83 bits per heavy atom. The summed E-state index contributed by atoms with van der Waals surface area (Å²) in [5.74, 6) is 0. The molecule has 0 saturated carbocycles. The minimum Gasteiger partial charge on any atom is -0.363 e. The van der Waals surface area contributed by atoms with Crippen LogP contribution in [0.1, 0.15) is 5.56 Å². The van der Waals surface area contributed by atoms with Gasteiger partial charge in [-0.05, 0) is 30.2 Å². The lowest BCUT2D eigenvalue weighted by Crippen LogP contribution is -2.92. The monoisotopic (exact) mass is 422 g/mol. The third kappa shape index (κ3) is 3.57. The van der Waals surface area contributed by atoms with Crippen molar-refractivity contribution in [3.63, 3.8) is 0 Å². The van der Waals surface area contributed by atoms with Gasteiger partial charge in [-0.25, -0.2) is 0 Å². The van der Waals surface area contributed by atoms with E-state index < -0.39 is 0 Å². The predicted molar refractivity (Wildman–Crippen MR) is 120 cm³/mol. The van der Waals surface area contributed by atoms with Crippen molar-refractivity contribution < 1.29 is 5.32 Å². The van der Waals surface area contributed by atoms with Crippen molar-refractivity contribution in [2.75, 3.05) is 42.5 Å². The second-order valence-corrected chi connectivity index (χ2v) is 8.35. The fourth-order valence-electron chi connectivity index (χ4n) is 4.53. The molecule has 2 aliphatic rings. The summed E-state index contributed by atoms with van der Waals surface area (Å²) in [6.45, 7) is 4.67. The zero-order valence-corrected chi connectivity index (χ0v) is 17.5. The standard InChI is InChI=1S/C23H24ClN5O/c24-18-7-4-8-19(13-18)29-23(30)22-21(15-26-29)28-12-10-25-14-20(28)16-27(22)11-9-17-5-2-1-3-6-17/h1-8,13,15,20,25H,9-12,14,16H2/p+1. The molecule has 3 aromatic rings. The van der Waals surface area contributed by atoms with E-state index in [0.29, 0.717) is 16.8 Å². The lowest BCUT2D eigenvalue weighted by atomic mass is 10.1. The number of aromatic nitrogens is 2. The third-order valence-corrected chi connectivity index (χ3v) is 6.24. The molecule has 1 unspecified atom stereocenters. The molecule has 6 nitrogen and oxygen atoms in total. The Morgan fingerprint density at radius 1 is 1.13 bits per heavy atom. The molecular weight excluding hydrogens is 398 g/mol. The molecule has 3 heterocycles. The molecule has 1 fully saturated rings. The summed E-state index contributed by atoms with van der Waals surface area (Å²) in [4.78, 5) is 18.2. The smallest absolute Gasteiger partial charge is 0.297 e. The van der Waals surface area contributed by atoms with Gasteiger partial charge in [0.25, 0.3) is 5.56 Å². The van der Waals surface area contributed by atoms with Crippen LogP contribution < -0.4 is 20.7 Å². The van der Waals surface area contributed by atoms with Gasteiger partial charge in [-0.2, -0.15) is 9.78 Å². The van der Waals surface area contributed by atoms with Crippen LogP contribution in [0.4, 0.5) is 11.4 Å². The Labute approximate surface area is 180 Å². The maximum absolute atomic E-state index is 13.6. The highest BCUT2D eigenvalue weighted by atomic mass is 35.5. The van der Waals surface area contributed by atoms with Crippen molar-refractivity contribution in [2.45, 2.75) is 12.5 Å². The molecule has 0 bridgehead atoms. The number of halogens is 1. The summed E-state index contributed by atoms with van der Waals surface area (Å²) in [5, 5.41) is 7.47. The minimum absolute atomic E-state index is 0.0872. The van der Waals surface area contributed by atoms with Gasteiger partial charge in [0.05, 0.1) is 43.2 Å². The Hall–Kier alpha value is -2.83. The summed E-state index contributed by atoms with van der Waals surface area (Å²) in [6, 6.07) is 18.1. The van der Waals surface area contributed by atoms with Crippen molar-refractivity contribution >= 4 is 23.0 Å². The van der Waals surface area contributed by atoms with Crippen molar-refractivity contribution in [3.8, 4) is 5.69 Å². The molecule has 30 heavy (non-hydrogen) atoms. The number of nitrogens with zero attached hydrogens (tertiary/aromatic N) is 4. The molecule has 2 aliphatic heterocycles. The number of anilines is 2. The van der Waals surface area contributed by atoms with Gasteiger partial charge in [0.1, 0.15) is 5.69 Å². The van der Waals surface area contributed by atoms with Gasteiger partial charge in [0.15, 0.2) is 0 Å². The van der Waals surface area contributed by atoms with E-state index in [0.717, 1.165) is 50.5 Å². The maximum Gasteiger partial charge on any atom is 0.297 e. The van der Waals surface area contributed by atoms with E-state index in [4.69, 9.17) is 11.6 Å². The van der Waals surface area contributed by atoms with Crippen LogP contribution in [0.25, 0.3) is 5.69 Å². The van der Waals surface area contributed by atoms with E-state index in [1.807, 2.05) is 24.4 Å². The molecule has 7 heteroatoms. The summed E-state index contributed by atoms with van der Waals surface area (Å²) in [6.07, 6.45) is 2.75. The fraction of sp³-hybridized carbons (Fsp3) is 0.304. The molecule has 0 amide bonds. The Morgan fingerprint density at radius 2 is 2.00 bits per heavy atom. The minimum atomic E-state index is -0.0872. The molecule has 5 rings (SSSR count). The van der Waals surface area contributed by atoms with E-state index in [1.54, 1.807) is 12.1 Å². The van der Waals surface area contributed by atoms with E-state index >= 15 is 0 Å². The number of quaternary nitrogens is 1. The summed E-state index contributed by atoms with van der Waals surface area (Å²) >= 11 is 6.16. The molecule has 2 aromatic carbocycles. The van der Waals surface area contributed by atoms with Crippen molar-refractivity contribution in [1.29, 1.82) is 0 Å². The van der Waals surface area contributed by atoms with Crippen LogP contribution in [0.5, 0.6) is 0 Å². The maximum atomic E-state index is 13.6. The van der Waals surface area contributed by atoms with Gasteiger partial charge >= 0.3 is 0 Å². The highest BCUT2D eigenvalue weighted by Crippen LogP contribution is 2.32. The van der Waals surface area contributed by atoms with E-state index in [9.17, 15) is 4.79 Å². The number of hydrogen-bond donors (Lipinski definition) is 1. The molecule has 154 valence electrons. The van der Waals surface area contributed by atoms with Gasteiger partial charge in [-0.1, -0.05) is 48.0 Å².